The largest absolute Gasteiger partial charge is 0.443 e. The highest BCUT2D eigenvalue weighted by atomic mass is 16.6. The zero-order chi connectivity index (χ0) is 31.4. The number of likely N-dealkylation sites (N-methyl/N-ethyl adjacent to an activating group) is 1. The molecule has 0 bridgehead atoms. The fourth-order valence-corrected chi connectivity index (χ4v) is 6.88. The number of amides is 1. The van der Waals surface area contributed by atoms with E-state index in [0.29, 0.717) is 0 Å². The molecule has 0 fully saturated rings. The van der Waals surface area contributed by atoms with Crippen molar-refractivity contribution in [2.24, 2.45) is 0 Å². The maximum absolute atomic E-state index is 13.5. The van der Waals surface area contributed by atoms with Crippen molar-refractivity contribution in [1.29, 1.82) is 0 Å². The lowest BCUT2D eigenvalue weighted by Gasteiger charge is -2.30. The molecule has 1 amide bonds. The second kappa shape index (κ2) is 10.6. The predicted octanol–water partition coefficient (Wildman–Crippen LogP) is 9.42. The van der Waals surface area contributed by atoms with Crippen molar-refractivity contribution in [3.05, 3.63) is 136 Å². The molecule has 2 aromatic carbocycles. The number of nitrogens with one attached hydrogen (secondary N) is 1. The highest BCUT2D eigenvalue weighted by Gasteiger charge is 2.38. The Bertz CT molecular complexity index is 1800. The molecule has 0 unspecified atom stereocenters. The number of anilines is 1. The lowest BCUT2D eigenvalue weighted by Crippen LogP contribution is -2.34. The number of benzene rings is 2. The van der Waals surface area contributed by atoms with Gasteiger partial charge in [-0.05, 0) is 102 Å². The number of carbonyl (C=O) groups excluding carboxylic acids is 1. The maximum atomic E-state index is 13.5. The van der Waals surface area contributed by atoms with Gasteiger partial charge in [-0.25, -0.2) is 4.79 Å². The number of fused-ring (bicyclic) bond motifs is 4. The summed E-state index contributed by atoms with van der Waals surface area (Å²) in [5.74, 6) is 0. The minimum absolute atomic E-state index is 0.0907. The van der Waals surface area contributed by atoms with Crippen LogP contribution >= 0.6 is 0 Å². The Morgan fingerprint density at radius 2 is 1.64 bits per heavy atom. The molecule has 6 rings (SSSR count). The van der Waals surface area contributed by atoms with E-state index in [-0.39, 0.29) is 16.9 Å². The zero-order valence-corrected chi connectivity index (χ0v) is 27.2. The Kier molecular flexibility index (Phi) is 7.11. The van der Waals surface area contributed by atoms with Crippen LogP contribution in [0.3, 0.4) is 0 Å². The minimum atomic E-state index is -0.606. The third kappa shape index (κ3) is 5.25. The van der Waals surface area contributed by atoms with E-state index in [0.717, 1.165) is 34.5 Å². The first kappa shape index (κ1) is 29.6. The van der Waals surface area contributed by atoms with Crippen LogP contribution in [0.2, 0.25) is 0 Å². The molecule has 1 N–H and O–H groups in total. The monoisotopic (exact) mass is 585 g/mol. The van der Waals surface area contributed by atoms with Crippen molar-refractivity contribution in [2.75, 3.05) is 12.4 Å². The molecular weight excluding hydrogens is 542 g/mol. The second-order valence-corrected chi connectivity index (χ2v) is 14.2. The van der Waals surface area contributed by atoms with Crippen LogP contribution in [0.15, 0.2) is 114 Å². The molecule has 0 atom stereocenters. The smallest absolute Gasteiger partial charge is 0.414 e. The topological polar surface area (TPSA) is 46.5 Å². The van der Waals surface area contributed by atoms with E-state index < -0.39 is 5.60 Å². The van der Waals surface area contributed by atoms with Crippen LogP contribution in [0.4, 0.5) is 10.5 Å². The number of allylic oxidation sites excluding steroid dienone is 6. The minimum Gasteiger partial charge on any atom is -0.443 e. The number of rotatable bonds is 3. The summed E-state index contributed by atoms with van der Waals surface area (Å²) in [7, 11) is 1.81. The zero-order valence-electron chi connectivity index (χ0n) is 27.2. The Morgan fingerprint density at radius 3 is 2.39 bits per heavy atom. The van der Waals surface area contributed by atoms with E-state index >= 15 is 0 Å². The molecule has 0 radical (unpaired) electrons. The Hall–Kier alpha value is -4.51. The van der Waals surface area contributed by atoms with Crippen molar-refractivity contribution in [3.63, 3.8) is 0 Å². The lowest BCUT2D eigenvalue weighted by atomic mass is 9.77. The summed E-state index contributed by atoms with van der Waals surface area (Å²) in [4.78, 5) is 15.1. The summed E-state index contributed by atoms with van der Waals surface area (Å²) >= 11 is 0. The highest BCUT2D eigenvalue weighted by Crippen LogP contribution is 2.46. The molecule has 44 heavy (non-hydrogen) atoms. The van der Waals surface area contributed by atoms with Gasteiger partial charge >= 0.3 is 6.09 Å². The normalized spacial score (nSPS) is 20.5. The number of hydrogen-bond donors (Lipinski definition) is 1. The second-order valence-electron chi connectivity index (χ2n) is 14.2. The summed E-state index contributed by atoms with van der Waals surface area (Å²) in [6.45, 7) is 14.8. The number of aromatic nitrogens is 1. The van der Waals surface area contributed by atoms with Crippen molar-refractivity contribution in [3.8, 4) is 5.69 Å². The van der Waals surface area contributed by atoms with Gasteiger partial charge < -0.3 is 14.6 Å². The van der Waals surface area contributed by atoms with Gasteiger partial charge in [-0.2, -0.15) is 0 Å². The molecule has 0 saturated heterocycles. The fraction of sp³-hybridized carbons (Fsp3) is 0.308. The molecule has 1 aliphatic carbocycles. The van der Waals surface area contributed by atoms with Gasteiger partial charge in [0.15, 0.2) is 0 Å². The molecule has 1 aromatic heterocycles. The summed E-state index contributed by atoms with van der Waals surface area (Å²) in [6.07, 6.45) is 15.4. The van der Waals surface area contributed by atoms with Gasteiger partial charge in [0.25, 0.3) is 0 Å². The lowest BCUT2D eigenvalue weighted by molar-refractivity contribution is 0.0357. The molecular formula is C39H43N3O2. The highest BCUT2D eigenvalue weighted by molar-refractivity contribution is 5.79. The van der Waals surface area contributed by atoms with Gasteiger partial charge in [-0.15, -0.1) is 0 Å². The van der Waals surface area contributed by atoms with Crippen molar-refractivity contribution in [1.82, 2.24) is 9.47 Å². The first-order valence-electron chi connectivity index (χ1n) is 15.4. The number of ether oxygens (including phenoxy) is 1. The Labute approximate surface area is 261 Å². The quantitative estimate of drug-likeness (QED) is 0.333. The molecule has 0 spiro atoms. The molecule has 0 saturated carbocycles. The van der Waals surface area contributed by atoms with Gasteiger partial charge in [0.2, 0.25) is 0 Å². The predicted molar refractivity (Wildman–Crippen MR) is 181 cm³/mol. The average molecular weight is 586 g/mol. The van der Waals surface area contributed by atoms with E-state index in [1.54, 1.807) is 4.90 Å². The van der Waals surface area contributed by atoms with Crippen LogP contribution in [0.25, 0.3) is 11.8 Å². The van der Waals surface area contributed by atoms with E-state index in [4.69, 9.17) is 4.74 Å². The molecule has 5 nitrogen and oxygen atoms in total. The SMILES string of the molecule is CN(C(=O)OC(C)(C)C)C1=C(/C=C2\C=C/Nc3ccccc3C(C)(C)C2)C=C/C1=C\c1ccn2c1C(C)(C)c1ccccc1-2. The average Bonchev–Trinajstić information content (AvgIpc) is 3.61. The third-order valence-corrected chi connectivity index (χ3v) is 8.83. The van der Waals surface area contributed by atoms with Gasteiger partial charge in [0.1, 0.15) is 5.60 Å². The van der Waals surface area contributed by atoms with E-state index in [1.165, 1.54) is 28.1 Å². The van der Waals surface area contributed by atoms with Crippen molar-refractivity contribution < 1.29 is 9.53 Å². The maximum Gasteiger partial charge on any atom is 0.414 e. The van der Waals surface area contributed by atoms with E-state index in [9.17, 15) is 4.79 Å². The van der Waals surface area contributed by atoms with E-state index in [1.807, 2.05) is 34.0 Å². The third-order valence-electron chi connectivity index (χ3n) is 8.83. The van der Waals surface area contributed by atoms with Crippen LogP contribution in [0, 0.1) is 0 Å². The van der Waals surface area contributed by atoms with Gasteiger partial charge in [-0.3, -0.25) is 4.90 Å². The molecule has 3 aromatic rings. The summed E-state index contributed by atoms with van der Waals surface area (Å²) in [6, 6.07) is 19.3. The number of para-hydroxylation sites is 2. The molecule has 5 heteroatoms. The number of hydrogen-bond acceptors (Lipinski definition) is 3. The molecule has 3 aliphatic rings. The van der Waals surface area contributed by atoms with Gasteiger partial charge in [-0.1, -0.05) is 76.2 Å². The van der Waals surface area contributed by atoms with Crippen molar-refractivity contribution >= 4 is 17.9 Å². The molecule has 3 heterocycles. The first-order valence-corrected chi connectivity index (χ1v) is 15.4. The Balaban J connectivity index is 1.44. The van der Waals surface area contributed by atoms with Gasteiger partial charge in [0.05, 0.1) is 5.70 Å². The van der Waals surface area contributed by atoms with Crippen LogP contribution in [0.1, 0.15) is 77.3 Å². The standard InChI is InChI=1S/C39H43N3O2/c1-37(2,3)44-36(43)41(8)34-27(23-26-19-21-40-32-15-11-9-13-30(32)38(4,5)25-26)17-18-28(34)24-29-20-22-42-33-16-12-10-14-31(33)39(6,7)35(29)42/h9-24,40H,25H2,1-8H3/b21-19-,26-23+,28-24+. The van der Waals surface area contributed by atoms with Crippen molar-refractivity contribution in [2.45, 2.75) is 71.3 Å². The number of carbonyl (C=O) groups is 1. The summed E-state index contributed by atoms with van der Waals surface area (Å²) in [5.41, 5.74) is 10.5. The molecule has 226 valence electrons. The van der Waals surface area contributed by atoms with Crippen LogP contribution in [-0.2, 0) is 15.6 Å². The fourth-order valence-electron chi connectivity index (χ4n) is 6.88. The summed E-state index contributed by atoms with van der Waals surface area (Å²) in [5, 5.41) is 3.48. The van der Waals surface area contributed by atoms with Crippen LogP contribution in [0.5, 0.6) is 0 Å². The Morgan fingerprint density at radius 1 is 0.932 bits per heavy atom. The summed E-state index contributed by atoms with van der Waals surface area (Å²) < 4.78 is 8.14. The van der Waals surface area contributed by atoms with Crippen LogP contribution in [-0.4, -0.2) is 28.2 Å². The number of nitrogens with zero attached hydrogens (tertiary/aromatic N) is 2. The van der Waals surface area contributed by atoms with E-state index in [2.05, 4.69) is 129 Å². The van der Waals surface area contributed by atoms with Gasteiger partial charge in [0, 0.05) is 41.9 Å². The van der Waals surface area contributed by atoms with Crippen LogP contribution < -0.4 is 5.32 Å². The first-order chi connectivity index (χ1) is 20.8. The molecule has 2 aliphatic heterocycles.